The molecule has 1 atom stereocenters. The minimum absolute atomic E-state index is 0.0927. The van der Waals surface area contributed by atoms with Crippen LogP contribution in [-0.2, 0) is 9.59 Å². The van der Waals surface area contributed by atoms with Crippen molar-refractivity contribution in [1.29, 1.82) is 0 Å². The normalized spacial score (nSPS) is 14.9. The van der Waals surface area contributed by atoms with Gasteiger partial charge in [0.1, 0.15) is 5.25 Å². The third-order valence-corrected chi connectivity index (χ3v) is 7.25. The molecule has 4 nitrogen and oxygen atoms in total. The first kappa shape index (κ1) is 23.4. The zero-order valence-corrected chi connectivity index (χ0v) is 19.9. The summed E-state index contributed by atoms with van der Waals surface area (Å²) < 4.78 is 0. The molecule has 1 aliphatic carbocycles. The Balaban J connectivity index is 1.50. The first-order valence-electron chi connectivity index (χ1n) is 11.3. The van der Waals surface area contributed by atoms with E-state index in [1.807, 2.05) is 60.7 Å². The Morgan fingerprint density at radius 3 is 2.24 bits per heavy atom. The lowest BCUT2D eigenvalue weighted by Crippen LogP contribution is -2.24. The average molecular weight is 479 g/mol. The summed E-state index contributed by atoms with van der Waals surface area (Å²) in [6.07, 6.45) is 5.37. The number of anilines is 2. The van der Waals surface area contributed by atoms with Crippen molar-refractivity contribution in [1.82, 2.24) is 0 Å². The van der Waals surface area contributed by atoms with Gasteiger partial charge in [-0.2, -0.15) is 0 Å². The number of benzene rings is 3. The van der Waals surface area contributed by atoms with E-state index >= 15 is 0 Å². The summed E-state index contributed by atoms with van der Waals surface area (Å²) >= 11 is 7.53. The van der Waals surface area contributed by atoms with Crippen molar-refractivity contribution in [3.8, 4) is 0 Å². The van der Waals surface area contributed by atoms with E-state index in [-0.39, 0.29) is 17.7 Å². The Morgan fingerprint density at radius 2 is 1.52 bits per heavy atom. The van der Waals surface area contributed by atoms with Crippen LogP contribution >= 0.6 is 23.4 Å². The molecule has 2 amide bonds. The highest BCUT2D eigenvalue weighted by Gasteiger charge is 2.24. The number of halogens is 1. The molecule has 1 saturated carbocycles. The van der Waals surface area contributed by atoms with Gasteiger partial charge in [0.05, 0.1) is 0 Å². The maximum absolute atomic E-state index is 13.3. The molecule has 0 aromatic heterocycles. The highest BCUT2D eigenvalue weighted by atomic mass is 35.5. The maximum atomic E-state index is 13.3. The Kier molecular flexibility index (Phi) is 8.08. The molecule has 0 bridgehead atoms. The molecule has 3 aromatic carbocycles. The topological polar surface area (TPSA) is 58.2 Å². The molecule has 0 spiro atoms. The lowest BCUT2D eigenvalue weighted by Gasteiger charge is -2.21. The average Bonchev–Trinajstić information content (AvgIpc) is 2.84. The number of thioether (sulfide) groups is 1. The van der Waals surface area contributed by atoms with Crippen LogP contribution in [0.4, 0.5) is 11.4 Å². The van der Waals surface area contributed by atoms with E-state index in [0.29, 0.717) is 10.7 Å². The Bertz CT molecular complexity index is 1100. The largest absolute Gasteiger partial charge is 0.326 e. The number of amides is 2. The summed E-state index contributed by atoms with van der Waals surface area (Å²) in [6, 6.07) is 24.5. The molecule has 3 aromatic rings. The van der Waals surface area contributed by atoms with Gasteiger partial charge in [-0.05, 0) is 54.8 Å². The first-order valence-corrected chi connectivity index (χ1v) is 12.5. The van der Waals surface area contributed by atoms with Crippen LogP contribution in [0.25, 0.3) is 0 Å². The molecule has 0 saturated heterocycles. The minimum Gasteiger partial charge on any atom is -0.326 e. The number of carbonyl (C=O) groups excluding carboxylic acids is 2. The zero-order chi connectivity index (χ0) is 23.0. The van der Waals surface area contributed by atoms with Gasteiger partial charge >= 0.3 is 0 Å². The number of nitrogens with one attached hydrogen (secondary N) is 2. The summed E-state index contributed by atoms with van der Waals surface area (Å²) in [7, 11) is 0. The van der Waals surface area contributed by atoms with Gasteiger partial charge in [-0.25, -0.2) is 0 Å². The van der Waals surface area contributed by atoms with Crippen molar-refractivity contribution < 1.29 is 9.59 Å². The first-order chi connectivity index (χ1) is 16.1. The Morgan fingerprint density at radius 1 is 0.818 bits per heavy atom. The predicted octanol–water partition coefficient (Wildman–Crippen LogP) is 7.33. The minimum atomic E-state index is -0.463. The zero-order valence-electron chi connectivity index (χ0n) is 18.3. The maximum Gasteiger partial charge on any atom is 0.242 e. The van der Waals surface area contributed by atoms with Crippen LogP contribution < -0.4 is 10.6 Å². The van der Waals surface area contributed by atoms with Gasteiger partial charge in [-0.15, -0.1) is 11.8 Å². The van der Waals surface area contributed by atoms with Crippen LogP contribution in [0.3, 0.4) is 0 Å². The van der Waals surface area contributed by atoms with Crippen molar-refractivity contribution in [2.24, 2.45) is 5.92 Å². The lowest BCUT2D eigenvalue weighted by molar-refractivity contribution is -0.120. The molecular formula is C27H27ClN2O2S. The second-order valence-electron chi connectivity index (χ2n) is 8.26. The molecule has 6 heteroatoms. The third kappa shape index (κ3) is 6.62. The van der Waals surface area contributed by atoms with Gasteiger partial charge < -0.3 is 10.6 Å². The second-order valence-corrected chi connectivity index (χ2v) is 9.88. The molecule has 1 aliphatic rings. The molecule has 0 radical (unpaired) electrons. The van der Waals surface area contributed by atoms with Gasteiger partial charge in [0.15, 0.2) is 0 Å². The van der Waals surface area contributed by atoms with Crippen LogP contribution in [0.15, 0.2) is 83.8 Å². The van der Waals surface area contributed by atoms with Crippen molar-refractivity contribution in [3.63, 3.8) is 0 Å². The molecule has 1 unspecified atom stereocenters. The van der Waals surface area contributed by atoms with Crippen LogP contribution in [0.1, 0.15) is 42.9 Å². The number of hydrogen-bond acceptors (Lipinski definition) is 3. The number of rotatable bonds is 7. The van der Waals surface area contributed by atoms with Gasteiger partial charge in [0.25, 0.3) is 0 Å². The number of carbonyl (C=O) groups is 2. The molecular weight excluding hydrogens is 452 g/mol. The summed E-state index contributed by atoms with van der Waals surface area (Å²) in [5.74, 6) is 0.0517. The predicted molar refractivity (Wildman–Crippen MR) is 137 cm³/mol. The van der Waals surface area contributed by atoms with Crippen LogP contribution in [0.2, 0.25) is 5.02 Å². The standard InChI is InChI=1S/C27H27ClN2O2S/c28-21-13-7-14-22(17-21)30-27(32)25(19-9-3-1-4-10-19)33-24-16-8-15-23(18-24)29-26(31)20-11-5-2-6-12-20/h1,3-4,7-10,13-18,20,25H,2,5-6,11-12H2,(H,29,31)(H,30,32). The fourth-order valence-electron chi connectivity index (χ4n) is 4.07. The molecule has 170 valence electrons. The van der Waals surface area contributed by atoms with Gasteiger partial charge in [0, 0.05) is 27.2 Å². The van der Waals surface area contributed by atoms with E-state index in [0.717, 1.165) is 41.8 Å². The molecule has 1 fully saturated rings. The summed E-state index contributed by atoms with van der Waals surface area (Å²) in [4.78, 5) is 26.8. The highest BCUT2D eigenvalue weighted by molar-refractivity contribution is 8.00. The van der Waals surface area contributed by atoms with E-state index in [2.05, 4.69) is 10.6 Å². The molecule has 4 rings (SSSR count). The summed E-state index contributed by atoms with van der Waals surface area (Å²) in [6.45, 7) is 0. The number of hydrogen-bond donors (Lipinski definition) is 2. The summed E-state index contributed by atoms with van der Waals surface area (Å²) in [5, 5.41) is 6.15. The molecule has 0 heterocycles. The highest BCUT2D eigenvalue weighted by Crippen LogP contribution is 2.37. The second kappa shape index (κ2) is 11.4. The Labute approximate surface area is 204 Å². The van der Waals surface area contributed by atoms with Crippen molar-refractivity contribution >= 4 is 46.6 Å². The van der Waals surface area contributed by atoms with E-state index in [1.165, 1.54) is 18.2 Å². The van der Waals surface area contributed by atoms with Crippen molar-refractivity contribution in [2.45, 2.75) is 42.2 Å². The molecule has 33 heavy (non-hydrogen) atoms. The molecule has 0 aliphatic heterocycles. The smallest absolute Gasteiger partial charge is 0.242 e. The van der Waals surface area contributed by atoms with Gasteiger partial charge in [0.2, 0.25) is 11.8 Å². The summed E-state index contributed by atoms with van der Waals surface area (Å²) in [5.41, 5.74) is 2.32. The van der Waals surface area contributed by atoms with E-state index < -0.39 is 5.25 Å². The quantitative estimate of drug-likeness (QED) is 0.349. The van der Waals surface area contributed by atoms with E-state index in [1.54, 1.807) is 18.2 Å². The van der Waals surface area contributed by atoms with Crippen LogP contribution in [0, 0.1) is 5.92 Å². The van der Waals surface area contributed by atoms with Gasteiger partial charge in [-0.3, -0.25) is 9.59 Å². The molecule has 2 N–H and O–H groups in total. The van der Waals surface area contributed by atoms with Crippen LogP contribution in [0.5, 0.6) is 0 Å². The fourth-order valence-corrected chi connectivity index (χ4v) is 5.34. The fraction of sp³-hybridized carbons (Fsp3) is 0.259. The Hall–Kier alpha value is -2.76. The third-order valence-electron chi connectivity index (χ3n) is 5.76. The SMILES string of the molecule is O=C(Nc1cccc(SC(C(=O)Nc2cccc(Cl)c2)c2ccccc2)c1)C1CCCCC1. The van der Waals surface area contributed by atoms with Crippen molar-refractivity contribution in [3.05, 3.63) is 89.4 Å². The monoisotopic (exact) mass is 478 g/mol. The van der Waals surface area contributed by atoms with Gasteiger partial charge in [-0.1, -0.05) is 73.3 Å². The van der Waals surface area contributed by atoms with Crippen molar-refractivity contribution in [2.75, 3.05) is 10.6 Å². The van der Waals surface area contributed by atoms with Crippen LogP contribution in [-0.4, -0.2) is 11.8 Å². The van der Waals surface area contributed by atoms with E-state index in [4.69, 9.17) is 11.6 Å². The lowest BCUT2D eigenvalue weighted by atomic mass is 9.88. The van der Waals surface area contributed by atoms with E-state index in [9.17, 15) is 9.59 Å².